The lowest BCUT2D eigenvalue weighted by Crippen LogP contribution is -2.28. The first-order valence-electron chi connectivity index (χ1n) is 6.28. The molecule has 21 heavy (non-hydrogen) atoms. The Labute approximate surface area is 128 Å². The first-order chi connectivity index (χ1) is 9.94. The minimum absolute atomic E-state index is 0.0649. The van der Waals surface area contributed by atoms with E-state index in [0.717, 1.165) is 0 Å². The summed E-state index contributed by atoms with van der Waals surface area (Å²) >= 11 is 1.45. The van der Waals surface area contributed by atoms with Crippen LogP contribution in [0.1, 0.15) is 17.2 Å². The van der Waals surface area contributed by atoms with Crippen LogP contribution in [0, 0.1) is 6.92 Å². The number of ether oxygens (including phenoxy) is 1. The lowest BCUT2D eigenvalue weighted by Gasteiger charge is -2.13. The average molecular weight is 327 g/mol. The van der Waals surface area contributed by atoms with Crippen LogP contribution in [0.15, 0.2) is 39.9 Å². The molecular weight excluding hydrogens is 310 g/mol. The van der Waals surface area contributed by atoms with E-state index in [1.807, 2.05) is 5.38 Å². The van der Waals surface area contributed by atoms with Gasteiger partial charge in [-0.25, -0.2) is 13.1 Å². The van der Waals surface area contributed by atoms with Crippen LogP contribution in [-0.2, 0) is 10.0 Å². The van der Waals surface area contributed by atoms with Crippen molar-refractivity contribution in [3.63, 3.8) is 0 Å². The number of sulfonamides is 1. The van der Waals surface area contributed by atoms with Crippen LogP contribution in [0.5, 0.6) is 5.75 Å². The lowest BCUT2D eigenvalue weighted by atomic mass is 10.2. The second kappa shape index (κ2) is 6.57. The highest BCUT2D eigenvalue weighted by Crippen LogP contribution is 2.21. The number of aliphatic hydroxyl groups is 1. The van der Waals surface area contributed by atoms with Crippen LogP contribution in [0.3, 0.4) is 0 Å². The van der Waals surface area contributed by atoms with Crippen LogP contribution in [0.4, 0.5) is 0 Å². The molecule has 1 heterocycles. The number of methoxy groups -OCH3 is 1. The third-order valence-electron chi connectivity index (χ3n) is 3.07. The van der Waals surface area contributed by atoms with Gasteiger partial charge < -0.3 is 9.84 Å². The van der Waals surface area contributed by atoms with E-state index in [4.69, 9.17) is 4.74 Å². The molecule has 0 aliphatic heterocycles. The molecule has 0 bridgehead atoms. The Morgan fingerprint density at radius 2 is 2.14 bits per heavy atom. The fraction of sp³-hybridized carbons (Fsp3) is 0.286. The summed E-state index contributed by atoms with van der Waals surface area (Å²) in [6, 6.07) is 6.51. The maximum atomic E-state index is 12.3. The molecule has 2 aromatic rings. The molecule has 0 saturated heterocycles. The number of rotatable bonds is 6. The number of hydrogen-bond acceptors (Lipinski definition) is 5. The molecule has 114 valence electrons. The van der Waals surface area contributed by atoms with Crippen LogP contribution in [0.2, 0.25) is 0 Å². The molecule has 1 atom stereocenters. The maximum absolute atomic E-state index is 12.3. The smallest absolute Gasteiger partial charge is 0.240 e. The molecule has 0 radical (unpaired) electrons. The summed E-state index contributed by atoms with van der Waals surface area (Å²) in [6.45, 7) is 1.64. The van der Waals surface area contributed by atoms with E-state index in [-0.39, 0.29) is 11.4 Å². The minimum Gasteiger partial charge on any atom is -0.497 e. The molecular formula is C14H17NO4S2. The van der Waals surface area contributed by atoms with E-state index in [1.54, 1.807) is 30.5 Å². The van der Waals surface area contributed by atoms with Crippen molar-refractivity contribution in [3.05, 3.63) is 46.2 Å². The van der Waals surface area contributed by atoms with E-state index in [9.17, 15) is 13.5 Å². The molecule has 2 rings (SSSR count). The predicted octanol–water partition coefficient (Wildman–Crippen LogP) is 2.08. The fourth-order valence-electron chi connectivity index (χ4n) is 1.90. The van der Waals surface area contributed by atoms with Crippen molar-refractivity contribution in [2.45, 2.75) is 17.9 Å². The van der Waals surface area contributed by atoms with E-state index in [1.165, 1.54) is 24.5 Å². The Balaban J connectivity index is 2.11. The molecule has 0 fully saturated rings. The first kappa shape index (κ1) is 16.0. The third-order valence-corrected chi connectivity index (χ3v) is 5.35. The van der Waals surface area contributed by atoms with Crippen molar-refractivity contribution < 1.29 is 18.3 Å². The van der Waals surface area contributed by atoms with Gasteiger partial charge in [0.05, 0.1) is 18.1 Å². The Hall–Kier alpha value is -1.41. The number of nitrogens with one attached hydrogen (secondary N) is 1. The van der Waals surface area contributed by atoms with Gasteiger partial charge in [0, 0.05) is 6.54 Å². The third kappa shape index (κ3) is 3.82. The van der Waals surface area contributed by atoms with Crippen LogP contribution in [0.25, 0.3) is 0 Å². The Morgan fingerprint density at radius 1 is 1.38 bits per heavy atom. The van der Waals surface area contributed by atoms with E-state index < -0.39 is 16.1 Å². The van der Waals surface area contributed by atoms with Gasteiger partial charge in [-0.15, -0.1) is 0 Å². The summed E-state index contributed by atoms with van der Waals surface area (Å²) in [5.41, 5.74) is 1.29. The van der Waals surface area contributed by atoms with Crippen molar-refractivity contribution in [1.29, 1.82) is 0 Å². The summed E-state index contributed by atoms with van der Waals surface area (Å²) in [7, 11) is -2.14. The van der Waals surface area contributed by atoms with Crippen molar-refractivity contribution in [2.75, 3.05) is 13.7 Å². The molecule has 1 unspecified atom stereocenters. The van der Waals surface area contributed by atoms with Gasteiger partial charge in [-0.05, 0) is 53.1 Å². The summed E-state index contributed by atoms with van der Waals surface area (Å²) in [5, 5.41) is 13.6. The minimum atomic E-state index is -3.66. The molecule has 5 nitrogen and oxygen atoms in total. The molecule has 7 heteroatoms. The van der Waals surface area contributed by atoms with Gasteiger partial charge in [-0.2, -0.15) is 11.3 Å². The second-order valence-electron chi connectivity index (χ2n) is 4.56. The van der Waals surface area contributed by atoms with Crippen LogP contribution in [-0.4, -0.2) is 27.2 Å². The zero-order valence-corrected chi connectivity index (χ0v) is 13.4. The Bertz CT molecular complexity index is 696. The topological polar surface area (TPSA) is 75.6 Å². The standard InChI is InChI=1S/C14H17NO4S2/c1-10-7-12(19-2)3-4-14(10)21(17,18)15-8-13(16)11-5-6-20-9-11/h3-7,9,13,15-16H,8H2,1-2H3. The highest BCUT2D eigenvalue weighted by atomic mass is 32.2. The summed E-state index contributed by atoms with van der Waals surface area (Å²) in [4.78, 5) is 0.181. The van der Waals surface area contributed by atoms with Crippen LogP contribution < -0.4 is 9.46 Å². The van der Waals surface area contributed by atoms with E-state index >= 15 is 0 Å². The molecule has 0 amide bonds. The molecule has 1 aromatic carbocycles. The van der Waals surface area contributed by atoms with Crippen molar-refractivity contribution in [1.82, 2.24) is 4.72 Å². The van der Waals surface area contributed by atoms with Gasteiger partial charge in [-0.3, -0.25) is 0 Å². The Kier molecular flexibility index (Phi) is 5.00. The lowest BCUT2D eigenvalue weighted by molar-refractivity contribution is 0.182. The SMILES string of the molecule is COc1ccc(S(=O)(=O)NCC(O)c2ccsc2)c(C)c1. The number of thiophene rings is 1. The number of benzene rings is 1. The molecule has 2 N–H and O–H groups in total. The zero-order chi connectivity index (χ0) is 15.5. The monoisotopic (exact) mass is 327 g/mol. The van der Waals surface area contributed by atoms with Gasteiger partial charge in [-0.1, -0.05) is 0 Å². The molecule has 0 spiro atoms. The average Bonchev–Trinajstić information content (AvgIpc) is 2.98. The number of aryl methyl sites for hydroxylation is 1. The second-order valence-corrected chi connectivity index (χ2v) is 7.07. The zero-order valence-electron chi connectivity index (χ0n) is 11.7. The number of hydrogen-bond donors (Lipinski definition) is 2. The molecule has 0 aliphatic carbocycles. The van der Waals surface area contributed by atoms with Gasteiger partial charge in [0.15, 0.2) is 0 Å². The predicted molar refractivity (Wildman–Crippen MR) is 82.2 cm³/mol. The highest BCUT2D eigenvalue weighted by Gasteiger charge is 2.19. The summed E-state index contributed by atoms with van der Waals surface area (Å²) in [6.07, 6.45) is -0.857. The summed E-state index contributed by atoms with van der Waals surface area (Å²) < 4.78 is 32.0. The summed E-state index contributed by atoms with van der Waals surface area (Å²) in [5.74, 6) is 0.602. The highest BCUT2D eigenvalue weighted by molar-refractivity contribution is 7.89. The molecule has 0 saturated carbocycles. The van der Waals surface area contributed by atoms with Crippen molar-refractivity contribution in [3.8, 4) is 5.75 Å². The van der Waals surface area contributed by atoms with Gasteiger partial charge in [0.25, 0.3) is 0 Å². The first-order valence-corrected chi connectivity index (χ1v) is 8.71. The van der Waals surface area contributed by atoms with Crippen LogP contribution >= 0.6 is 11.3 Å². The normalized spacial score (nSPS) is 13.1. The molecule has 0 aliphatic rings. The van der Waals surface area contributed by atoms with Crippen molar-refractivity contribution in [2.24, 2.45) is 0 Å². The van der Waals surface area contributed by atoms with E-state index in [2.05, 4.69) is 4.72 Å². The van der Waals surface area contributed by atoms with Gasteiger partial charge in [0.2, 0.25) is 10.0 Å². The largest absolute Gasteiger partial charge is 0.497 e. The van der Waals surface area contributed by atoms with Crippen molar-refractivity contribution >= 4 is 21.4 Å². The number of aliphatic hydroxyl groups excluding tert-OH is 1. The van der Waals surface area contributed by atoms with Gasteiger partial charge in [0.1, 0.15) is 5.75 Å². The van der Waals surface area contributed by atoms with Gasteiger partial charge >= 0.3 is 0 Å². The fourth-order valence-corrected chi connectivity index (χ4v) is 3.87. The Morgan fingerprint density at radius 3 is 2.71 bits per heavy atom. The molecule has 1 aromatic heterocycles. The maximum Gasteiger partial charge on any atom is 0.240 e. The quantitative estimate of drug-likeness (QED) is 0.852. The van der Waals surface area contributed by atoms with E-state index in [0.29, 0.717) is 16.9 Å².